The van der Waals surface area contributed by atoms with Crippen LogP contribution in [-0.4, -0.2) is 30.2 Å². The van der Waals surface area contributed by atoms with Crippen molar-refractivity contribution in [3.05, 3.63) is 30.0 Å². The van der Waals surface area contributed by atoms with Gasteiger partial charge in [0.2, 0.25) is 5.91 Å². The summed E-state index contributed by atoms with van der Waals surface area (Å²) in [5.74, 6) is -0.107. The molecule has 1 heterocycles. The highest BCUT2D eigenvalue weighted by Gasteiger charge is 2.11. The van der Waals surface area contributed by atoms with Gasteiger partial charge < -0.3 is 4.52 Å². The quantitative estimate of drug-likeness (QED) is 0.781. The summed E-state index contributed by atoms with van der Waals surface area (Å²) in [5.41, 5.74) is 4.02. The number of fused-ring (bicyclic) bond motifs is 1. The Morgan fingerprint density at radius 3 is 2.94 bits per heavy atom. The highest BCUT2D eigenvalue weighted by atomic mass is 16.5. The summed E-state index contributed by atoms with van der Waals surface area (Å²) in [6, 6.07) is 7.49. The Morgan fingerprint density at radius 1 is 1.44 bits per heavy atom. The fourth-order valence-corrected chi connectivity index (χ4v) is 1.51. The molecule has 84 valence electrons. The molecule has 0 fully saturated rings. The van der Waals surface area contributed by atoms with Gasteiger partial charge in [-0.2, -0.15) is 0 Å². The van der Waals surface area contributed by atoms with Gasteiger partial charge in [-0.05, 0) is 12.1 Å². The minimum atomic E-state index is -0.107. The highest BCUT2D eigenvalue weighted by Crippen LogP contribution is 2.17. The molecular formula is C11H13N3O2. The zero-order valence-corrected chi connectivity index (χ0v) is 9.23. The van der Waals surface area contributed by atoms with E-state index in [-0.39, 0.29) is 12.3 Å². The van der Waals surface area contributed by atoms with E-state index in [0.29, 0.717) is 11.3 Å². The molecule has 2 aromatic rings. The number of hydrogen-bond donors (Lipinski definition) is 1. The van der Waals surface area contributed by atoms with Crippen LogP contribution in [0.4, 0.5) is 0 Å². The summed E-state index contributed by atoms with van der Waals surface area (Å²) in [5, 5.41) is 6.38. The second kappa shape index (κ2) is 4.32. The van der Waals surface area contributed by atoms with E-state index in [9.17, 15) is 4.79 Å². The van der Waals surface area contributed by atoms with E-state index in [1.807, 2.05) is 24.3 Å². The van der Waals surface area contributed by atoms with Crippen molar-refractivity contribution in [2.45, 2.75) is 6.42 Å². The van der Waals surface area contributed by atoms with Crippen LogP contribution in [0.5, 0.6) is 0 Å². The predicted octanol–water partition coefficient (Wildman–Crippen LogP) is 0.963. The van der Waals surface area contributed by atoms with Crippen molar-refractivity contribution in [1.29, 1.82) is 0 Å². The lowest BCUT2D eigenvalue weighted by atomic mass is 10.2. The summed E-state index contributed by atoms with van der Waals surface area (Å²) in [7, 11) is 3.53. The van der Waals surface area contributed by atoms with Crippen molar-refractivity contribution >= 4 is 16.9 Å². The maximum atomic E-state index is 11.5. The number of rotatable bonds is 3. The molecule has 16 heavy (non-hydrogen) atoms. The molecular weight excluding hydrogens is 206 g/mol. The van der Waals surface area contributed by atoms with Crippen molar-refractivity contribution in [3.63, 3.8) is 0 Å². The van der Waals surface area contributed by atoms with Crippen LogP contribution < -0.4 is 5.43 Å². The molecule has 0 aliphatic rings. The third-order valence-corrected chi connectivity index (χ3v) is 2.13. The summed E-state index contributed by atoms with van der Waals surface area (Å²) >= 11 is 0. The fraction of sp³-hybridized carbons (Fsp3) is 0.273. The summed E-state index contributed by atoms with van der Waals surface area (Å²) in [6.07, 6.45) is 0.217. The number of carbonyl (C=O) groups is 1. The van der Waals surface area contributed by atoms with Crippen LogP contribution in [-0.2, 0) is 11.2 Å². The van der Waals surface area contributed by atoms with Gasteiger partial charge in [0.1, 0.15) is 5.69 Å². The van der Waals surface area contributed by atoms with E-state index in [1.165, 1.54) is 0 Å². The van der Waals surface area contributed by atoms with Gasteiger partial charge in [0.15, 0.2) is 5.58 Å². The fourth-order valence-electron chi connectivity index (χ4n) is 1.51. The average molecular weight is 219 g/mol. The lowest BCUT2D eigenvalue weighted by Crippen LogP contribution is -2.37. The minimum absolute atomic E-state index is 0.107. The Bertz CT molecular complexity index is 505. The summed E-state index contributed by atoms with van der Waals surface area (Å²) < 4.78 is 5.11. The first-order chi connectivity index (χ1) is 7.66. The molecule has 0 bridgehead atoms. The van der Waals surface area contributed by atoms with Gasteiger partial charge in [0, 0.05) is 19.5 Å². The van der Waals surface area contributed by atoms with Crippen LogP contribution in [0.3, 0.4) is 0 Å². The lowest BCUT2D eigenvalue weighted by molar-refractivity contribution is -0.124. The second-order valence-corrected chi connectivity index (χ2v) is 3.73. The first-order valence-electron chi connectivity index (χ1n) is 4.97. The molecule has 1 aromatic carbocycles. The van der Waals surface area contributed by atoms with Gasteiger partial charge in [-0.25, -0.2) is 5.01 Å². The van der Waals surface area contributed by atoms with Crippen LogP contribution in [0.15, 0.2) is 28.8 Å². The Hall–Kier alpha value is -1.88. The van der Waals surface area contributed by atoms with Gasteiger partial charge in [-0.1, -0.05) is 17.3 Å². The largest absolute Gasteiger partial charge is 0.356 e. The van der Waals surface area contributed by atoms with Crippen LogP contribution in [0.1, 0.15) is 5.69 Å². The van der Waals surface area contributed by atoms with E-state index in [0.717, 1.165) is 5.39 Å². The van der Waals surface area contributed by atoms with Crippen LogP contribution in [0.25, 0.3) is 11.0 Å². The number of para-hydroxylation sites is 1. The standard InChI is InChI=1S/C11H13N3O2/c1-14(2)12-11(15)7-9-8-5-3-4-6-10(8)16-13-9/h3-6H,7H2,1-2H3,(H,12,15). The third-order valence-electron chi connectivity index (χ3n) is 2.13. The average Bonchev–Trinajstić information content (AvgIpc) is 2.61. The number of hydrazine groups is 1. The van der Waals surface area contributed by atoms with E-state index in [4.69, 9.17) is 4.52 Å². The predicted molar refractivity (Wildman–Crippen MR) is 59.5 cm³/mol. The van der Waals surface area contributed by atoms with Crippen molar-refractivity contribution < 1.29 is 9.32 Å². The number of hydrogen-bond acceptors (Lipinski definition) is 4. The molecule has 0 radical (unpaired) electrons. The number of nitrogens with one attached hydrogen (secondary N) is 1. The van der Waals surface area contributed by atoms with E-state index in [1.54, 1.807) is 19.1 Å². The van der Waals surface area contributed by atoms with E-state index < -0.39 is 0 Å². The van der Waals surface area contributed by atoms with Gasteiger partial charge in [-0.15, -0.1) is 0 Å². The Morgan fingerprint density at radius 2 is 2.19 bits per heavy atom. The molecule has 1 amide bonds. The Kier molecular flexibility index (Phi) is 2.87. The van der Waals surface area contributed by atoms with Crippen molar-refractivity contribution in [1.82, 2.24) is 15.6 Å². The van der Waals surface area contributed by atoms with Gasteiger partial charge in [0.05, 0.1) is 6.42 Å². The minimum Gasteiger partial charge on any atom is -0.356 e. The van der Waals surface area contributed by atoms with Crippen LogP contribution in [0.2, 0.25) is 0 Å². The number of amides is 1. The van der Waals surface area contributed by atoms with E-state index >= 15 is 0 Å². The van der Waals surface area contributed by atoms with Gasteiger partial charge in [0.25, 0.3) is 0 Å². The monoisotopic (exact) mass is 219 g/mol. The summed E-state index contributed by atoms with van der Waals surface area (Å²) in [6.45, 7) is 0. The zero-order valence-electron chi connectivity index (χ0n) is 9.23. The van der Waals surface area contributed by atoms with Crippen LogP contribution >= 0.6 is 0 Å². The SMILES string of the molecule is CN(C)NC(=O)Cc1noc2ccccc12. The molecule has 0 saturated carbocycles. The molecule has 0 unspecified atom stereocenters. The van der Waals surface area contributed by atoms with Crippen LogP contribution in [0, 0.1) is 0 Å². The molecule has 0 saturated heterocycles. The smallest absolute Gasteiger partial charge is 0.240 e. The number of aromatic nitrogens is 1. The van der Waals surface area contributed by atoms with E-state index in [2.05, 4.69) is 10.6 Å². The van der Waals surface area contributed by atoms with Crippen molar-refractivity contribution in [3.8, 4) is 0 Å². The second-order valence-electron chi connectivity index (χ2n) is 3.73. The summed E-state index contributed by atoms with van der Waals surface area (Å²) in [4.78, 5) is 11.5. The topological polar surface area (TPSA) is 58.4 Å². The molecule has 0 aliphatic carbocycles. The maximum absolute atomic E-state index is 11.5. The first-order valence-corrected chi connectivity index (χ1v) is 4.97. The zero-order chi connectivity index (χ0) is 11.5. The Labute approximate surface area is 93.0 Å². The maximum Gasteiger partial charge on any atom is 0.240 e. The number of nitrogens with zero attached hydrogens (tertiary/aromatic N) is 2. The van der Waals surface area contributed by atoms with Crippen molar-refractivity contribution in [2.75, 3.05) is 14.1 Å². The molecule has 5 heteroatoms. The van der Waals surface area contributed by atoms with Gasteiger partial charge >= 0.3 is 0 Å². The molecule has 2 rings (SSSR count). The third kappa shape index (κ3) is 2.20. The normalized spacial score (nSPS) is 10.9. The number of carbonyl (C=O) groups excluding carboxylic acids is 1. The molecule has 1 N–H and O–H groups in total. The molecule has 0 aliphatic heterocycles. The highest BCUT2D eigenvalue weighted by molar-refractivity contribution is 5.85. The molecule has 5 nitrogen and oxygen atoms in total. The molecule has 0 spiro atoms. The Balaban J connectivity index is 2.18. The first kappa shape index (κ1) is 10.6. The lowest BCUT2D eigenvalue weighted by Gasteiger charge is -2.10. The molecule has 1 aromatic heterocycles. The van der Waals surface area contributed by atoms with Crippen molar-refractivity contribution in [2.24, 2.45) is 0 Å². The van der Waals surface area contributed by atoms with Gasteiger partial charge in [-0.3, -0.25) is 10.2 Å². The molecule has 0 atom stereocenters. The number of benzene rings is 1.